The van der Waals surface area contributed by atoms with E-state index in [9.17, 15) is 0 Å². The van der Waals surface area contributed by atoms with E-state index in [-0.39, 0.29) is 0 Å². The largest absolute Gasteiger partial charge is 0.368 e. The standard InChI is InChI=1S/C12H20ClN3S/c1-9-10(2)16-12(11(13)15-9)14-7-5-4-6-8-17-3/h4-8H2,1-3H3,(H,14,16). The minimum atomic E-state index is 0.470. The zero-order valence-electron chi connectivity index (χ0n) is 10.7. The lowest BCUT2D eigenvalue weighted by Gasteiger charge is -2.08. The third kappa shape index (κ3) is 5.13. The van der Waals surface area contributed by atoms with Gasteiger partial charge in [0.1, 0.15) is 0 Å². The number of halogens is 1. The molecule has 0 spiro atoms. The van der Waals surface area contributed by atoms with Gasteiger partial charge in [0.25, 0.3) is 0 Å². The van der Waals surface area contributed by atoms with Gasteiger partial charge in [-0.3, -0.25) is 0 Å². The third-order valence-electron chi connectivity index (χ3n) is 2.58. The maximum absolute atomic E-state index is 6.02. The molecular weight excluding hydrogens is 254 g/mol. The fourth-order valence-electron chi connectivity index (χ4n) is 1.44. The van der Waals surface area contributed by atoms with E-state index < -0.39 is 0 Å². The number of thioether (sulfide) groups is 1. The molecule has 0 bridgehead atoms. The maximum atomic E-state index is 6.02. The molecule has 17 heavy (non-hydrogen) atoms. The number of nitrogens with one attached hydrogen (secondary N) is 1. The van der Waals surface area contributed by atoms with Gasteiger partial charge in [-0.2, -0.15) is 11.8 Å². The molecule has 0 aliphatic rings. The van der Waals surface area contributed by atoms with E-state index in [4.69, 9.17) is 11.6 Å². The summed E-state index contributed by atoms with van der Waals surface area (Å²) in [4.78, 5) is 8.64. The molecule has 0 aromatic carbocycles. The topological polar surface area (TPSA) is 37.8 Å². The van der Waals surface area contributed by atoms with E-state index in [2.05, 4.69) is 21.5 Å². The Labute approximate surface area is 113 Å². The van der Waals surface area contributed by atoms with Crippen molar-refractivity contribution in [2.45, 2.75) is 33.1 Å². The lowest BCUT2D eigenvalue weighted by atomic mass is 10.2. The number of hydrogen-bond donors (Lipinski definition) is 1. The molecule has 5 heteroatoms. The Kier molecular flexibility index (Phi) is 6.66. The van der Waals surface area contributed by atoms with Crippen molar-refractivity contribution in [3.63, 3.8) is 0 Å². The van der Waals surface area contributed by atoms with E-state index in [1.807, 2.05) is 25.6 Å². The predicted molar refractivity (Wildman–Crippen MR) is 77.2 cm³/mol. The summed E-state index contributed by atoms with van der Waals surface area (Å²) in [5.41, 5.74) is 1.82. The van der Waals surface area contributed by atoms with Gasteiger partial charge < -0.3 is 5.32 Å². The first-order valence-electron chi connectivity index (χ1n) is 5.88. The summed E-state index contributed by atoms with van der Waals surface area (Å²) in [6.45, 7) is 4.77. The predicted octanol–water partition coefficient (Wildman–Crippen LogP) is 3.69. The third-order valence-corrected chi connectivity index (χ3v) is 3.54. The monoisotopic (exact) mass is 273 g/mol. The van der Waals surface area contributed by atoms with Gasteiger partial charge in [-0.25, -0.2) is 9.97 Å². The van der Waals surface area contributed by atoms with Crippen LogP contribution in [0.4, 0.5) is 5.82 Å². The molecule has 0 amide bonds. The molecule has 1 aromatic heterocycles. The van der Waals surface area contributed by atoms with Crippen molar-refractivity contribution in [1.82, 2.24) is 9.97 Å². The van der Waals surface area contributed by atoms with Crippen LogP contribution in [0.15, 0.2) is 0 Å². The minimum Gasteiger partial charge on any atom is -0.368 e. The quantitative estimate of drug-likeness (QED) is 0.769. The molecule has 0 fully saturated rings. The van der Waals surface area contributed by atoms with Gasteiger partial charge in [-0.05, 0) is 38.7 Å². The van der Waals surface area contributed by atoms with Gasteiger partial charge in [0, 0.05) is 6.54 Å². The Bertz CT molecular complexity index is 358. The van der Waals surface area contributed by atoms with Crippen LogP contribution in [0.3, 0.4) is 0 Å². The first kappa shape index (κ1) is 14.6. The van der Waals surface area contributed by atoms with Crippen molar-refractivity contribution in [2.24, 2.45) is 0 Å². The second-order valence-corrected chi connectivity index (χ2v) is 5.36. The highest BCUT2D eigenvalue weighted by molar-refractivity contribution is 7.98. The summed E-state index contributed by atoms with van der Waals surface area (Å²) in [7, 11) is 0. The van der Waals surface area contributed by atoms with Crippen molar-refractivity contribution in [3.05, 3.63) is 16.5 Å². The number of rotatable bonds is 7. The number of aromatic nitrogens is 2. The number of hydrogen-bond acceptors (Lipinski definition) is 4. The minimum absolute atomic E-state index is 0.470. The van der Waals surface area contributed by atoms with Crippen molar-refractivity contribution >= 4 is 29.2 Å². The molecule has 1 N–H and O–H groups in total. The second kappa shape index (κ2) is 7.77. The summed E-state index contributed by atoms with van der Waals surface area (Å²) in [5, 5.41) is 3.72. The zero-order valence-corrected chi connectivity index (χ0v) is 12.3. The highest BCUT2D eigenvalue weighted by Crippen LogP contribution is 2.18. The normalized spacial score (nSPS) is 10.6. The van der Waals surface area contributed by atoms with Gasteiger partial charge in [-0.15, -0.1) is 0 Å². The molecule has 1 aromatic rings. The fraction of sp³-hybridized carbons (Fsp3) is 0.667. The molecule has 0 atom stereocenters. The van der Waals surface area contributed by atoms with Crippen molar-refractivity contribution < 1.29 is 0 Å². The average molecular weight is 274 g/mol. The van der Waals surface area contributed by atoms with Gasteiger partial charge in [0.15, 0.2) is 11.0 Å². The highest BCUT2D eigenvalue weighted by Gasteiger charge is 2.05. The van der Waals surface area contributed by atoms with Crippen LogP contribution in [0.25, 0.3) is 0 Å². The van der Waals surface area contributed by atoms with Crippen LogP contribution in [0.2, 0.25) is 5.15 Å². The molecule has 0 saturated carbocycles. The lowest BCUT2D eigenvalue weighted by molar-refractivity contribution is 0.747. The molecular formula is C12H20ClN3S. The van der Waals surface area contributed by atoms with Gasteiger partial charge in [0.05, 0.1) is 11.4 Å². The summed E-state index contributed by atoms with van der Waals surface area (Å²) in [5.74, 6) is 1.95. The molecule has 0 unspecified atom stereocenters. The van der Waals surface area contributed by atoms with Crippen LogP contribution in [0, 0.1) is 13.8 Å². The summed E-state index contributed by atoms with van der Waals surface area (Å²) in [6, 6.07) is 0. The maximum Gasteiger partial charge on any atom is 0.171 e. The van der Waals surface area contributed by atoms with Crippen molar-refractivity contribution in [2.75, 3.05) is 23.9 Å². The molecule has 3 nitrogen and oxygen atoms in total. The van der Waals surface area contributed by atoms with E-state index in [0.29, 0.717) is 11.0 Å². The van der Waals surface area contributed by atoms with Crippen LogP contribution in [-0.4, -0.2) is 28.5 Å². The summed E-state index contributed by atoms with van der Waals surface area (Å²) < 4.78 is 0. The van der Waals surface area contributed by atoms with Crippen LogP contribution < -0.4 is 5.32 Å². The molecule has 1 rings (SSSR count). The van der Waals surface area contributed by atoms with E-state index in [1.165, 1.54) is 18.6 Å². The van der Waals surface area contributed by atoms with Gasteiger partial charge in [-0.1, -0.05) is 18.0 Å². The molecule has 96 valence electrons. The van der Waals surface area contributed by atoms with Gasteiger partial charge in [0.2, 0.25) is 0 Å². The SMILES string of the molecule is CSCCCCCNc1nc(C)c(C)nc1Cl. The first-order chi connectivity index (χ1) is 8.15. The Morgan fingerprint density at radius 1 is 1.12 bits per heavy atom. The fourth-order valence-corrected chi connectivity index (χ4v) is 2.17. The summed E-state index contributed by atoms with van der Waals surface area (Å²) >= 11 is 7.92. The first-order valence-corrected chi connectivity index (χ1v) is 7.66. The molecule has 0 aliphatic carbocycles. The Hall–Kier alpha value is -0.480. The number of nitrogens with zero attached hydrogens (tertiary/aromatic N) is 2. The number of aryl methyl sites for hydroxylation is 2. The Morgan fingerprint density at radius 3 is 2.53 bits per heavy atom. The van der Waals surface area contributed by atoms with Crippen LogP contribution >= 0.6 is 23.4 Å². The number of anilines is 1. The molecule has 0 saturated heterocycles. The van der Waals surface area contributed by atoms with Crippen LogP contribution in [-0.2, 0) is 0 Å². The van der Waals surface area contributed by atoms with E-state index >= 15 is 0 Å². The smallest absolute Gasteiger partial charge is 0.171 e. The molecule has 0 radical (unpaired) electrons. The Balaban J connectivity index is 2.34. The summed E-state index contributed by atoms with van der Waals surface area (Å²) in [6.07, 6.45) is 5.80. The number of unbranched alkanes of at least 4 members (excludes halogenated alkanes) is 2. The average Bonchev–Trinajstić information content (AvgIpc) is 2.30. The van der Waals surface area contributed by atoms with Crippen LogP contribution in [0.5, 0.6) is 0 Å². The Morgan fingerprint density at radius 2 is 1.82 bits per heavy atom. The van der Waals surface area contributed by atoms with E-state index in [0.717, 1.165) is 24.4 Å². The molecule has 1 heterocycles. The van der Waals surface area contributed by atoms with Crippen LogP contribution in [0.1, 0.15) is 30.7 Å². The highest BCUT2D eigenvalue weighted by atomic mass is 35.5. The van der Waals surface area contributed by atoms with Crippen molar-refractivity contribution in [3.8, 4) is 0 Å². The van der Waals surface area contributed by atoms with Gasteiger partial charge >= 0.3 is 0 Å². The van der Waals surface area contributed by atoms with E-state index in [1.54, 1.807) is 0 Å². The van der Waals surface area contributed by atoms with Crippen molar-refractivity contribution in [1.29, 1.82) is 0 Å². The zero-order chi connectivity index (χ0) is 12.7. The molecule has 0 aliphatic heterocycles. The second-order valence-electron chi connectivity index (χ2n) is 4.01. The lowest BCUT2D eigenvalue weighted by Crippen LogP contribution is -2.07.